The molecule has 6 nitrogen and oxygen atoms in total. The Labute approximate surface area is 124 Å². The molecular formula is C14H20N2O4S. The van der Waals surface area contributed by atoms with Crippen LogP contribution in [0, 0.1) is 0 Å². The SMILES string of the molecule is COc1ccc(S(N)(=O)=O)cc1C(=O)NC1CCCCC1. The van der Waals surface area contributed by atoms with Gasteiger partial charge < -0.3 is 10.1 Å². The summed E-state index contributed by atoms with van der Waals surface area (Å²) < 4.78 is 27.9. The van der Waals surface area contributed by atoms with Crippen molar-refractivity contribution in [3.05, 3.63) is 23.8 Å². The maximum atomic E-state index is 12.3. The van der Waals surface area contributed by atoms with Crippen molar-refractivity contribution in [1.29, 1.82) is 0 Å². The van der Waals surface area contributed by atoms with Crippen LogP contribution in [0.4, 0.5) is 0 Å². The number of carbonyl (C=O) groups excluding carboxylic acids is 1. The predicted molar refractivity (Wildman–Crippen MR) is 78.7 cm³/mol. The third-order valence-corrected chi connectivity index (χ3v) is 4.60. The molecule has 1 aromatic rings. The molecule has 0 heterocycles. The highest BCUT2D eigenvalue weighted by atomic mass is 32.2. The molecular weight excluding hydrogens is 292 g/mol. The van der Waals surface area contributed by atoms with Gasteiger partial charge >= 0.3 is 0 Å². The second-order valence-electron chi connectivity index (χ2n) is 5.22. The van der Waals surface area contributed by atoms with E-state index in [9.17, 15) is 13.2 Å². The molecule has 21 heavy (non-hydrogen) atoms. The average Bonchev–Trinajstić information content (AvgIpc) is 2.46. The van der Waals surface area contributed by atoms with E-state index in [2.05, 4.69) is 5.32 Å². The van der Waals surface area contributed by atoms with Gasteiger partial charge in [-0.05, 0) is 31.0 Å². The lowest BCUT2D eigenvalue weighted by molar-refractivity contribution is 0.0924. The number of hydrogen-bond donors (Lipinski definition) is 2. The normalized spacial score (nSPS) is 16.5. The summed E-state index contributed by atoms with van der Waals surface area (Å²) in [6.45, 7) is 0. The quantitative estimate of drug-likeness (QED) is 0.878. The van der Waals surface area contributed by atoms with Crippen molar-refractivity contribution in [2.45, 2.75) is 43.0 Å². The fourth-order valence-corrected chi connectivity index (χ4v) is 3.09. The third-order valence-electron chi connectivity index (χ3n) is 3.68. The Morgan fingerprint density at radius 2 is 1.95 bits per heavy atom. The van der Waals surface area contributed by atoms with Crippen LogP contribution in [0.2, 0.25) is 0 Å². The minimum atomic E-state index is -3.85. The molecule has 1 saturated carbocycles. The number of sulfonamides is 1. The largest absolute Gasteiger partial charge is 0.496 e. The summed E-state index contributed by atoms with van der Waals surface area (Å²) in [6.07, 6.45) is 5.28. The molecule has 0 spiro atoms. The van der Waals surface area contributed by atoms with Crippen LogP contribution in [-0.4, -0.2) is 27.5 Å². The number of amides is 1. The van der Waals surface area contributed by atoms with Crippen LogP contribution in [0.1, 0.15) is 42.5 Å². The molecule has 0 unspecified atom stereocenters. The van der Waals surface area contributed by atoms with Gasteiger partial charge in [0.25, 0.3) is 5.91 Å². The van der Waals surface area contributed by atoms with Crippen molar-refractivity contribution in [3.8, 4) is 5.75 Å². The predicted octanol–water partition coefficient (Wildman–Crippen LogP) is 1.41. The minimum absolute atomic E-state index is 0.0999. The molecule has 0 aliphatic heterocycles. The lowest BCUT2D eigenvalue weighted by atomic mass is 9.95. The number of primary sulfonamides is 1. The third kappa shape index (κ3) is 3.95. The highest BCUT2D eigenvalue weighted by Gasteiger charge is 2.21. The van der Waals surface area contributed by atoms with Crippen LogP contribution in [0.3, 0.4) is 0 Å². The van der Waals surface area contributed by atoms with Gasteiger partial charge in [-0.1, -0.05) is 19.3 Å². The number of benzene rings is 1. The van der Waals surface area contributed by atoms with Crippen LogP contribution >= 0.6 is 0 Å². The number of carbonyl (C=O) groups is 1. The van der Waals surface area contributed by atoms with Crippen LogP contribution < -0.4 is 15.2 Å². The van der Waals surface area contributed by atoms with E-state index in [1.54, 1.807) is 0 Å². The van der Waals surface area contributed by atoms with E-state index in [1.807, 2.05) is 0 Å². The average molecular weight is 312 g/mol. The fourth-order valence-electron chi connectivity index (χ4n) is 2.55. The summed E-state index contributed by atoms with van der Waals surface area (Å²) in [5.74, 6) is -0.0000376. The molecule has 1 aliphatic carbocycles. The molecule has 1 fully saturated rings. The van der Waals surface area contributed by atoms with Crippen LogP contribution in [0.25, 0.3) is 0 Å². The summed E-state index contributed by atoms with van der Waals surface area (Å²) in [6, 6.07) is 4.15. The molecule has 1 aliphatic rings. The van der Waals surface area contributed by atoms with Gasteiger partial charge in [-0.3, -0.25) is 4.79 Å². The maximum Gasteiger partial charge on any atom is 0.255 e. The van der Waals surface area contributed by atoms with E-state index in [0.29, 0.717) is 5.75 Å². The highest BCUT2D eigenvalue weighted by Crippen LogP contribution is 2.23. The molecule has 7 heteroatoms. The second kappa shape index (κ2) is 6.44. The van der Waals surface area contributed by atoms with Gasteiger partial charge in [0.2, 0.25) is 10.0 Å². The standard InChI is InChI=1S/C14H20N2O4S/c1-20-13-8-7-11(21(15,18)19)9-12(13)14(17)16-10-5-3-2-4-6-10/h7-10H,2-6H2,1H3,(H,16,17)(H2,15,18,19). The Bertz CT molecular complexity index is 622. The van der Waals surface area contributed by atoms with Crippen molar-refractivity contribution in [3.63, 3.8) is 0 Å². The second-order valence-corrected chi connectivity index (χ2v) is 6.78. The molecule has 2 rings (SSSR count). The number of methoxy groups -OCH3 is 1. The lowest BCUT2D eigenvalue weighted by Gasteiger charge is -2.23. The first-order valence-corrected chi connectivity index (χ1v) is 8.48. The van der Waals surface area contributed by atoms with Gasteiger partial charge in [-0.15, -0.1) is 0 Å². The molecule has 0 bridgehead atoms. The fraction of sp³-hybridized carbons (Fsp3) is 0.500. The van der Waals surface area contributed by atoms with Crippen LogP contribution in [0.15, 0.2) is 23.1 Å². The van der Waals surface area contributed by atoms with Crippen LogP contribution in [0.5, 0.6) is 5.75 Å². The number of nitrogens with two attached hydrogens (primary N) is 1. The number of ether oxygens (including phenoxy) is 1. The van der Waals surface area contributed by atoms with Crippen molar-refractivity contribution >= 4 is 15.9 Å². The van der Waals surface area contributed by atoms with Gasteiger partial charge in [0.15, 0.2) is 0 Å². The topological polar surface area (TPSA) is 98.5 Å². The van der Waals surface area contributed by atoms with Crippen molar-refractivity contribution < 1.29 is 17.9 Å². The molecule has 0 saturated heterocycles. The highest BCUT2D eigenvalue weighted by molar-refractivity contribution is 7.89. The lowest BCUT2D eigenvalue weighted by Crippen LogP contribution is -2.36. The minimum Gasteiger partial charge on any atom is -0.496 e. The summed E-state index contributed by atoms with van der Waals surface area (Å²) in [7, 11) is -2.42. The molecule has 1 aromatic carbocycles. The van der Waals surface area contributed by atoms with E-state index in [0.717, 1.165) is 25.7 Å². The smallest absolute Gasteiger partial charge is 0.255 e. The summed E-state index contributed by atoms with van der Waals surface area (Å²) in [5, 5.41) is 8.04. The first-order chi connectivity index (χ1) is 9.91. The first-order valence-electron chi connectivity index (χ1n) is 6.93. The Hall–Kier alpha value is -1.60. The molecule has 1 amide bonds. The van der Waals surface area contributed by atoms with E-state index in [-0.39, 0.29) is 22.4 Å². The van der Waals surface area contributed by atoms with E-state index in [4.69, 9.17) is 9.88 Å². The van der Waals surface area contributed by atoms with Gasteiger partial charge in [0, 0.05) is 6.04 Å². The Morgan fingerprint density at radius 1 is 1.29 bits per heavy atom. The number of nitrogens with one attached hydrogen (secondary N) is 1. The Kier molecular flexibility index (Phi) is 4.84. The Balaban J connectivity index is 2.25. The summed E-state index contributed by atoms with van der Waals surface area (Å²) in [5.41, 5.74) is 0.189. The van der Waals surface area contributed by atoms with Crippen molar-refractivity contribution in [1.82, 2.24) is 5.32 Å². The van der Waals surface area contributed by atoms with Gasteiger partial charge in [-0.25, -0.2) is 13.6 Å². The maximum absolute atomic E-state index is 12.3. The Morgan fingerprint density at radius 3 is 2.52 bits per heavy atom. The van der Waals surface area contributed by atoms with Gasteiger partial charge in [0.1, 0.15) is 5.75 Å². The zero-order valence-corrected chi connectivity index (χ0v) is 12.8. The summed E-state index contributed by atoms with van der Waals surface area (Å²) in [4.78, 5) is 12.2. The molecule has 0 atom stereocenters. The zero-order valence-electron chi connectivity index (χ0n) is 12.0. The number of rotatable bonds is 4. The van der Waals surface area contributed by atoms with Crippen LogP contribution in [-0.2, 0) is 10.0 Å². The van der Waals surface area contributed by atoms with Gasteiger partial charge in [0.05, 0.1) is 17.6 Å². The molecule has 116 valence electrons. The van der Waals surface area contributed by atoms with E-state index in [1.165, 1.54) is 31.7 Å². The van der Waals surface area contributed by atoms with E-state index < -0.39 is 10.0 Å². The first kappa shape index (κ1) is 15.8. The molecule has 0 aromatic heterocycles. The zero-order chi connectivity index (χ0) is 15.5. The van der Waals surface area contributed by atoms with E-state index >= 15 is 0 Å². The number of hydrogen-bond acceptors (Lipinski definition) is 4. The van der Waals surface area contributed by atoms with Crippen molar-refractivity contribution in [2.75, 3.05) is 7.11 Å². The molecule has 3 N–H and O–H groups in total. The molecule has 0 radical (unpaired) electrons. The summed E-state index contributed by atoms with van der Waals surface area (Å²) >= 11 is 0. The monoisotopic (exact) mass is 312 g/mol. The van der Waals surface area contributed by atoms with Crippen molar-refractivity contribution in [2.24, 2.45) is 5.14 Å². The van der Waals surface area contributed by atoms with Gasteiger partial charge in [-0.2, -0.15) is 0 Å².